The molecule has 1 aliphatic rings. The average molecular weight is 165 g/mol. The summed E-state index contributed by atoms with van der Waals surface area (Å²) in [7, 11) is 0. The standard InChI is InChI=1S/C8H9N2O2/c11-5-9-7-3-1-2-4-8(7)10-6-12/h1,7-8H,2-4H2. The minimum atomic E-state index is -0.197. The van der Waals surface area contributed by atoms with Gasteiger partial charge in [0, 0.05) is 0 Å². The lowest BCUT2D eigenvalue weighted by Crippen LogP contribution is -2.26. The summed E-state index contributed by atoms with van der Waals surface area (Å²) in [4.78, 5) is 27.1. The van der Waals surface area contributed by atoms with E-state index in [9.17, 15) is 9.59 Å². The number of nitrogens with zero attached hydrogens (tertiary/aromatic N) is 2. The van der Waals surface area contributed by atoms with Gasteiger partial charge in [0.15, 0.2) is 0 Å². The normalized spacial score (nSPS) is 28.3. The van der Waals surface area contributed by atoms with Crippen molar-refractivity contribution < 1.29 is 9.59 Å². The van der Waals surface area contributed by atoms with Crippen molar-refractivity contribution in [2.75, 3.05) is 0 Å². The molecule has 0 aliphatic heterocycles. The first-order chi connectivity index (χ1) is 5.88. The van der Waals surface area contributed by atoms with E-state index in [0.717, 1.165) is 12.8 Å². The highest BCUT2D eigenvalue weighted by atomic mass is 16.1. The number of hydrogen-bond acceptors (Lipinski definition) is 4. The van der Waals surface area contributed by atoms with E-state index in [1.165, 1.54) is 12.2 Å². The van der Waals surface area contributed by atoms with Gasteiger partial charge in [0.05, 0.1) is 12.1 Å². The smallest absolute Gasteiger partial charge is 0.211 e. The molecule has 1 radical (unpaired) electrons. The molecule has 1 saturated carbocycles. The Hall–Kier alpha value is -1.24. The number of rotatable bonds is 2. The maximum atomic E-state index is 9.98. The van der Waals surface area contributed by atoms with Crippen LogP contribution >= 0.6 is 0 Å². The van der Waals surface area contributed by atoms with Crippen LogP contribution in [0.5, 0.6) is 0 Å². The van der Waals surface area contributed by atoms with Crippen molar-refractivity contribution in [3.63, 3.8) is 0 Å². The van der Waals surface area contributed by atoms with Crippen LogP contribution in [0.15, 0.2) is 9.98 Å². The van der Waals surface area contributed by atoms with Crippen LogP contribution in [0, 0.1) is 6.42 Å². The van der Waals surface area contributed by atoms with E-state index in [-0.39, 0.29) is 12.1 Å². The molecule has 0 spiro atoms. The maximum absolute atomic E-state index is 9.98. The van der Waals surface area contributed by atoms with Crippen LogP contribution in [0.1, 0.15) is 19.3 Å². The largest absolute Gasteiger partial charge is 0.235 e. The molecular formula is C8H9N2O2. The lowest BCUT2D eigenvalue weighted by molar-refractivity contribution is 0.436. The highest BCUT2D eigenvalue weighted by Gasteiger charge is 2.24. The van der Waals surface area contributed by atoms with Gasteiger partial charge in [-0.1, -0.05) is 0 Å². The quantitative estimate of drug-likeness (QED) is 0.448. The molecule has 4 nitrogen and oxygen atoms in total. The summed E-state index contributed by atoms with van der Waals surface area (Å²) in [5.41, 5.74) is 0. The summed E-state index contributed by atoms with van der Waals surface area (Å²) in [6, 6.07) is -0.369. The molecule has 2 atom stereocenters. The molecule has 0 bridgehead atoms. The van der Waals surface area contributed by atoms with Crippen molar-refractivity contribution >= 4 is 12.2 Å². The Kier molecular flexibility index (Phi) is 3.39. The zero-order valence-corrected chi connectivity index (χ0v) is 6.56. The van der Waals surface area contributed by atoms with E-state index in [1.54, 1.807) is 0 Å². The first-order valence-corrected chi connectivity index (χ1v) is 3.84. The molecule has 1 aliphatic carbocycles. The highest BCUT2D eigenvalue weighted by molar-refractivity contribution is 5.36. The topological polar surface area (TPSA) is 58.9 Å². The second-order valence-corrected chi connectivity index (χ2v) is 2.68. The van der Waals surface area contributed by atoms with Crippen molar-refractivity contribution in [3.05, 3.63) is 6.42 Å². The molecule has 0 heterocycles. The summed E-state index contributed by atoms with van der Waals surface area (Å²) < 4.78 is 0. The third kappa shape index (κ3) is 2.12. The van der Waals surface area contributed by atoms with Crippen LogP contribution in [0.25, 0.3) is 0 Å². The van der Waals surface area contributed by atoms with Crippen molar-refractivity contribution in [3.8, 4) is 0 Å². The fraction of sp³-hybridized carbons (Fsp3) is 0.625. The van der Waals surface area contributed by atoms with Crippen LogP contribution in [-0.2, 0) is 9.59 Å². The number of aliphatic imine (C=N–C) groups is 2. The Balaban J connectivity index is 2.65. The summed E-state index contributed by atoms with van der Waals surface area (Å²) in [6.45, 7) is 0. The SMILES string of the molecule is O=C=NC1C[CH]CCC1N=C=O. The maximum Gasteiger partial charge on any atom is 0.235 e. The second-order valence-electron chi connectivity index (χ2n) is 2.68. The fourth-order valence-corrected chi connectivity index (χ4v) is 1.35. The van der Waals surface area contributed by atoms with Gasteiger partial charge in [-0.05, 0) is 25.7 Å². The van der Waals surface area contributed by atoms with Gasteiger partial charge in [-0.25, -0.2) is 19.6 Å². The van der Waals surface area contributed by atoms with Crippen molar-refractivity contribution in [2.24, 2.45) is 9.98 Å². The highest BCUT2D eigenvalue weighted by Crippen LogP contribution is 2.22. The van der Waals surface area contributed by atoms with Crippen molar-refractivity contribution in [1.29, 1.82) is 0 Å². The summed E-state index contributed by atoms with van der Waals surface area (Å²) in [6.07, 6.45) is 7.42. The fourth-order valence-electron chi connectivity index (χ4n) is 1.35. The first kappa shape index (κ1) is 8.85. The first-order valence-electron chi connectivity index (χ1n) is 3.84. The molecule has 1 rings (SSSR count). The summed E-state index contributed by atoms with van der Waals surface area (Å²) in [5.74, 6) is 0. The monoisotopic (exact) mass is 165 g/mol. The zero-order chi connectivity index (χ0) is 8.81. The lowest BCUT2D eigenvalue weighted by atomic mass is 9.91. The zero-order valence-electron chi connectivity index (χ0n) is 6.56. The third-order valence-corrected chi connectivity index (χ3v) is 1.96. The van der Waals surface area contributed by atoms with Gasteiger partial charge < -0.3 is 0 Å². The minimum absolute atomic E-state index is 0.172. The Labute approximate surface area is 70.4 Å². The molecule has 63 valence electrons. The Morgan fingerprint density at radius 2 is 1.83 bits per heavy atom. The summed E-state index contributed by atoms with van der Waals surface area (Å²) in [5, 5.41) is 0. The predicted molar refractivity (Wildman–Crippen MR) is 42.0 cm³/mol. The van der Waals surface area contributed by atoms with Crippen LogP contribution < -0.4 is 0 Å². The molecule has 0 N–H and O–H groups in total. The molecule has 1 fully saturated rings. The van der Waals surface area contributed by atoms with Gasteiger partial charge in [0.2, 0.25) is 12.2 Å². The van der Waals surface area contributed by atoms with Crippen LogP contribution in [0.3, 0.4) is 0 Å². The molecular weight excluding hydrogens is 156 g/mol. The van der Waals surface area contributed by atoms with E-state index >= 15 is 0 Å². The molecule has 0 saturated heterocycles. The van der Waals surface area contributed by atoms with Gasteiger partial charge in [0.25, 0.3) is 0 Å². The molecule has 2 unspecified atom stereocenters. The predicted octanol–water partition coefficient (Wildman–Crippen LogP) is 0.783. The molecule has 12 heavy (non-hydrogen) atoms. The third-order valence-electron chi connectivity index (χ3n) is 1.96. The van der Waals surface area contributed by atoms with Crippen LogP contribution in [0.4, 0.5) is 0 Å². The molecule has 0 aromatic rings. The molecule has 4 heteroatoms. The van der Waals surface area contributed by atoms with Gasteiger partial charge in [-0.2, -0.15) is 0 Å². The van der Waals surface area contributed by atoms with Gasteiger partial charge >= 0.3 is 0 Å². The number of hydrogen-bond donors (Lipinski definition) is 0. The van der Waals surface area contributed by atoms with Crippen molar-refractivity contribution in [1.82, 2.24) is 0 Å². The Bertz CT molecular complexity index is 213. The lowest BCUT2D eigenvalue weighted by Gasteiger charge is -2.22. The molecule has 0 aromatic carbocycles. The molecule has 0 aromatic heterocycles. The van der Waals surface area contributed by atoms with E-state index in [1.807, 2.05) is 6.42 Å². The Morgan fingerprint density at radius 1 is 1.17 bits per heavy atom. The minimum Gasteiger partial charge on any atom is -0.211 e. The van der Waals surface area contributed by atoms with Crippen molar-refractivity contribution in [2.45, 2.75) is 31.3 Å². The van der Waals surface area contributed by atoms with E-state index in [0.29, 0.717) is 6.42 Å². The average Bonchev–Trinajstić information content (AvgIpc) is 2.09. The Morgan fingerprint density at radius 3 is 2.50 bits per heavy atom. The second kappa shape index (κ2) is 4.60. The summed E-state index contributed by atoms with van der Waals surface area (Å²) >= 11 is 0. The van der Waals surface area contributed by atoms with E-state index < -0.39 is 0 Å². The van der Waals surface area contributed by atoms with Crippen LogP contribution in [-0.4, -0.2) is 24.2 Å². The van der Waals surface area contributed by atoms with Crippen LogP contribution in [0.2, 0.25) is 0 Å². The molecule has 0 amide bonds. The number of carbonyl (C=O) groups excluding carboxylic acids is 2. The van der Waals surface area contributed by atoms with E-state index in [4.69, 9.17) is 0 Å². The number of isocyanates is 2. The van der Waals surface area contributed by atoms with E-state index in [2.05, 4.69) is 9.98 Å². The van der Waals surface area contributed by atoms with Gasteiger partial charge in [0.1, 0.15) is 0 Å². The van der Waals surface area contributed by atoms with Gasteiger partial charge in [-0.3, -0.25) is 0 Å². The van der Waals surface area contributed by atoms with Gasteiger partial charge in [-0.15, -0.1) is 0 Å².